The molecule has 1 N–H and O–H groups in total. The van der Waals surface area contributed by atoms with E-state index in [4.69, 9.17) is 27.9 Å². The predicted octanol–water partition coefficient (Wildman–Crippen LogP) is 4.25. The molecule has 2 aromatic rings. The Kier molecular flexibility index (Phi) is 4.30. The Morgan fingerprint density at radius 3 is 2.58 bits per heavy atom. The van der Waals surface area contributed by atoms with E-state index in [0.29, 0.717) is 27.0 Å². The molecule has 98 valence electrons. The van der Waals surface area contributed by atoms with E-state index >= 15 is 0 Å². The van der Waals surface area contributed by atoms with Gasteiger partial charge in [0.2, 0.25) is 0 Å². The Bertz CT molecular complexity index is 614. The third-order valence-electron chi connectivity index (χ3n) is 2.50. The number of halogens is 2. The highest BCUT2D eigenvalue weighted by Gasteiger charge is 2.08. The van der Waals surface area contributed by atoms with Crippen molar-refractivity contribution < 1.29 is 9.53 Å². The third-order valence-corrected chi connectivity index (χ3v) is 3.03. The molecule has 0 spiro atoms. The number of methoxy groups -OCH3 is 1. The molecule has 1 amide bonds. The molecule has 0 bridgehead atoms. The first kappa shape index (κ1) is 13.7. The van der Waals surface area contributed by atoms with Crippen molar-refractivity contribution in [1.82, 2.24) is 0 Å². The molecule has 0 unspecified atom stereocenters. The van der Waals surface area contributed by atoms with E-state index in [1.54, 1.807) is 42.5 Å². The summed E-state index contributed by atoms with van der Waals surface area (Å²) in [6.07, 6.45) is 0. The fraction of sp³-hybridized carbons (Fsp3) is 0.0714. The Morgan fingerprint density at radius 2 is 1.95 bits per heavy atom. The van der Waals surface area contributed by atoms with Crippen molar-refractivity contribution in [1.29, 1.82) is 0 Å². The van der Waals surface area contributed by atoms with Crippen LogP contribution in [0.3, 0.4) is 0 Å². The van der Waals surface area contributed by atoms with Crippen molar-refractivity contribution in [2.24, 2.45) is 0 Å². The average molecular weight is 296 g/mol. The number of rotatable bonds is 3. The standard InChI is InChI=1S/C14H11Cl2NO2/c1-19-13-6-5-11(8-12(13)16)17-14(18)9-3-2-4-10(15)7-9/h2-8H,1H3,(H,17,18). The van der Waals surface area contributed by atoms with Crippen LogP contribution in [0.2, 0.25) is 10.0 Å². The van der Waals surface area contributed by atoms with Crippen LogP contribution in [0.4, 0.5) is 5.69 Å². The van der Waals surface area contributed by atoms with Crippen molar-refractivity contribution in [3.05, 3.63) is 58.1 Å². The van der Waals surface area contributed by atoms with E-state index < -0.39 is 0 Å². The number of benzene rings is 2. The highest BCUT2D eigenvalue weighted by molar-refractivity contribution is 6.32. The van der Waals surface area contributed by atoms with E-state index in [2.05, 4.69) is 5.32 Å². The second-order valence-electron chi connectivity index (χ2n) is 3.81. The van der Waals surface area contributed by atoms with Gasteiger partial charge < -0.3 is 10.1 Å². The molecule has 0 saturated heterocycles. The average Bonchev–Trinajstić information content (AvgIpc) is 2.39. The highest BCUT2D eigenvalue weighted by Crippen LogP contribution is 2.27. The van der Waals surface area contributed by atoms with E-state index in [-0.39, 0.29) is 5.91 Å². The Labute approximate surface area is 121 Å². The molecule has 0 fully saturated rings. The lowest BCUT2D eigenvalue weighted by molar-refractivity contribution is 0.102. The maximum absolute atomic E-state index is 12.0. The van der Waals surface area contributed by atoms with Gasteiger partial charge in [-0.2, -0.15) is 0 Å². The van der Waals surface area contributed by atoms with Gasteiger partial charge in [-0.15, -0.1) is 0 Å². The lowest BCUT2D eigenvalue weighted by Crippen LogP contribution is -2.11. The van der Waals surface area contributed by atoms with Crippen molar-refractivity contribution in [3.63, 3.8) is 0 Å². The molecule has 3 nitrogen and oxygen atoms in total. The number of ether oxygens (including phenoxy) is 1. The summed E-state index contributed by atoms with van der Waals surface area (Å²) < 4.78 is 5.04. The number of hydrogen-bond donors (Lipinski definition) is 1. The van der Waals surface area contributed by atoms with Gasteiger partial charge in [-0.25, -0.2) is 0 Å². The number of nitrogens with one attached hydrogen (secondary N) is 1. The van der Waals surface area contributed by atoms with Crippen LogP contribution < -0.4 is 10.1 Å². The molecule has 0 heterocycles. The summed E-state index contributed by atoms with van der Waals surface area (Å²) in [6.45, 7) is 0. The van der Waals surface area contributed by atoms with E-state index in [1.165, 1.54) is 7.11 Å². The van der Waals surface area contributed by atoms with Crippen LogP contribution >= 0.6 is 23.2 Å². The van der Waals surface area contributed by atoms with Crippen molar-refractivity contribution in [2.45, 2.75) is 0 Å². The quantitative estimate of drug-likeness (QED) is 0.919. The maximum Gasteiger partial charge on any atom is 0.255 e. The number of amides is 1. The number of hydrogen-bond acceptors (Lipinski definition) is 2. The molecule has 0 radical (unpaired) electrons. The van der Waals surface area contributed by atoms with Crippen LogP contribution in [0.15, 0.2) is 42.5 Å². The topological polar surface area (TPSA) is 38.3 Å². The number of carbonyl (C=O) groups is 1. The van der Waals surface area contributed by atoms with Crippen molar-refractivity contribution >= 4 is 34.8 Å². The number of carbonyl (C=O) groups excluding carboxylic acids is 1. The second-order valence-corrected chi connectivity index (χ2v) is 4.66. The van der Waals surface area contributed by atoms with Crippen molar-refractivity contribution in [2.75, 3.05) is 12.4 Å². The minimum absolute atomic E-state index is 0.247. The van der Waals surface area contributed by atoms with Gasteiger partial charge in [0.15, 0.2) is 0 Å². The summed E-state index contributed by atoms with van der Waals surface area (Å²) in [5.74, 6) is 0.311. The minimum atomic E-state index is -0.247. The Hall–Kier alpha value is -1.71. The molecule has 0 aromatic heterocycles. The molecule has 19 heavy (non-hydrogen) atoms. The van der Waals surface area contributed by atoms with Gasteiger partial charge in [0.05, 0.1) is 12.1 Å². The highest BCUT2D eigenvalue weighted by atomic mass is 35.5. The van der Waals surface area contributed by atoms with E-state index in [1.807, 2.05) is 0 Å². The lowest BCUT2D eigenvalue weighted by atomic mass is 10.2. The Balaban J connectivity index is 2.17. The predicted molar refractivity (Wildman–Crippen MR) is 77.4 cm³/mol. The zero-order valence-corrected chi connectivity index (χ0v) is 11.6. The smallest absolute Gasteiger partial charge is 0.255 e. The van der Waals surface area contributed by atoms with Crippen LogP contribution in [0.25, 0.3) is 0 Å². The monoisotopic (exact) mass is 295 g/mol. The Morgan fingerprint density at radius 1 is 1.16 bits per heavy atom. The summed E-state index contributed by atoms with van der Waals surface area (Å²) >= 11 is 11.8. The zero-order valence-electron chi connectivity index (χ0n) is 10.1. The van der Waals surface area contributed by atoms with Gasteiger partial charge in [-0.05, 0) is 36.4 Å². The van der Waals surface area contributed by atoms with Crippen LogP contribution in [0.5, 0.6) is 5.75 Å². The molecule has 5 heteroatoms. The largest absolute Gasteiger partial charge is 0.495 e. The molecule has 2 rings (SSSR count). The molecule has 0 aliphatic carbocycles. The summed E-state index contributed by atoms with van der Waals surface area (Å²) in [4.78, 5) is 12.0. The van der Waals surface area contributed by atoms with Gasteiger partial charge in [0.1, 0.15) is 5.75 Å². The first-order chi connectivity index (χ1) is 9.10. The molecular weight excluding hydrogens is 285 g/mol. The molecule has 2 aromatic carbocycles. The fourth-order valence-electron chi connectivity index (χ4n) is 1.58. The van der Waals surface area contributed by atoms with E-state index in [0.717, 1.165) is 0 Å². The summed E-state index contributed by atoms with van der Waals surface area (Å²) in [5.41, 5.74) is 1.08. The maximum atomic E-state index is 12.0. The molecule has 0 saturated carbocycles. The first-order valence-corrected chi connectivity index (χ1v) is 6.26. The minimum Gasteiger partial charge on any atom is -0.495 e. The number of anilines is 1. The molecule has 0 aliphatic rings. The normalized spacial score (nSPS) is 10.1. The SMILES string of the molecule is COc1ccc(NC(=O)c2cccc(Cl)c2)cc1Cl. The summed E-state index contributed by atoms with van der Waals surface area (Å²) in [5, 5.41) is 3.69. The first-order valence-electron chi connectivity index (χ1n) is 5.50. The molecular formula is C14H11Cl2NO2. The zero-order chi connectivity index (χ0) is 13.8. The second kappa shape index (κ2) is 5.95. The van der Waals surface area contributed by atoms with Gasteiger partial charge in [-0.3, -0.25) is 4.79 Å². The summed E-state index contributed by atoms with van der Waals surface area (Å²) in [7, 11) is 1.53. The van der Waals surface area contributed by atoms with E-state index in [9.17, 15) is 4.79 Å². The van der Waals surface area contributed by atoms with Crippen molar-refractivity contribution in [3.8, 4) is 5.75 Å². The third kappa shape index (κ3) is 3.40. The molecule has 0 atom stereocenters. The fourth-order valence-corrected chi connectivity index (χ4v) is 2.03. The van der Waals surface area contributed by atoms with Gasteiger partial charge in [-0.1, -0.05) is 29.3 Å². The van der Waals surface area contributed by atoms with Crippen LogP contribution in [0, 0.1) is 0 Å². The van der Waals surface area contributed by atoms with Gasteiger partial charge >= 0.3 is 0 Å². The van der Waals surface area contributed by atoms with Crippen LogP contribution in [-0.4, -0.2) is 13.0 Å². The molecule has 0 aliphatic heterocycles. The van der Waals surface area contributed by atoms with Crippen LogP contribution in [-0.2, 0) is 0 Å². The van der Waals surface area contributed by atoms with Crippen LogP contribution in [0.1, 0.15) is 10.4 Å². The lowest BCUT2D eigenvalue weighted by Gasteiger charge is -2.08. The summed E-state index contributed by atoms with van der Waals surface area (Å²) in [6, 6.07) is 11.8. The van der Waals surface area contributed by atoms with Gasteiger partial charge in [0.25, 0.3) is 5.91 Å². The van der Waals surface area contributed by atoms with Gasteiger partial charge in [0, 0.05) is 16.3 Å².